The van der Waals surface area contributed by atoms with Gasteiger partial charge in [-0.05, 0) is 13.8 Å². The number of hydrogen-bond acceptors (Lipinski definition) is 18. The maximum atomic E-state index is 11.1. The Kier molecular flexibility index (Phi) is 12.3. The predicted molar refractivity (Wildman–Crippen MR) is 139 cm³/mol. The van der Waals surface area contributed by atoms with Crippen molar-refractivity contribution in [3.8, 4) is 0 Å². The Labute approximate surface area is 253 Å². The lowest BCUT2D eigenvalue weighted by Gasteiger charge is -2.49. The van der Waals surface area contributed by atoms with E-state index >= 15 is 0 Å². The minimum absolute atomic E-state index is 0.712. The van der Waals surface area contributed by atoms with Crippen LogP contribution in [0.1, 0.15) is 20.8 Å². The number of aliphatic hydroxyl groups is 10. The van der Waals surface area contributed by atoms with Crippen LogP contribution in [-0.4, -0.2) is 188 Å². The summed E-state index contributed by atoms with van der Waals surface area (Å²) < 4.78 is 45.2. The van der Waals surface area contributed by atoms with Gasteiger partial charge in [0.1, 0.15) is 73.2 Å². The Hall–Kier alpha value is -0.720. The summed E-state index contributed by atoms with van der Waals surface area (Å²) in [6.07, 6.45) is -27.3. The van der Waals surface area contributed by atoms with Crippen LogP contribution in [0.4, 0.5) is 0 Å². The Balaban J connectivity index is 1.57. The van der Waals surface area contributed by atoms with E-state index in [-0.39, 0.29) is 0 Å². The molecule has 0 aromatic heterocycles. The quantitative estimate of drug-likeness (QED) is 0.112. The van der Waals surface area contributed by atoms with Crippen molar-refractivity contribution >= 4 is 0 Å². The van der Waals surface area contributed by atoms with Crippen molar-refractivity contribution in [3.63, 3.8) is 0 Å². The fourth-order valence-electron chi connectivity index (χ4n) is 5.82. The minimum Gasteiger partial charge on any atom is -0.394 e. The van der Waals surface area contributed by atoms with Crippen molar-refractivity contribution in [1.82, 2.24) is 0 Å². The molecule has 4 aliphatic heterocycles. The SMILES string of the molecule is CO[C@@H]1OC(C)[C@H](O)[C@H](O[C@H]2O[C@@H](CO)[C@@H](O)C(O[C@H]3OC(CO)[C@H](O)[C@H](O)C3O[C@@H]3OC(C)[C@H](O)[C@H](O)C3O)C2C)C1O. The van der Waals surface area contributed by atoms with Gasteiger partial charge in [0.05, 0.1) is 31.5 Å². The molecule has 44 heavy (non-hydrogen) atoms. The third-order valence-electron chi connectivity index (χ3n) is 8.67. The van der Waals surface area contributed by atoms with Crippen molar-refractivity contribution in [2.75, 3.05) is 20.3 Å². The van der Waals surface area contributed by atoms with Gasteiger partial charge >= 0.3 is 0 Å². The van der Waals surface area contributed by atoms with Gasteiger partial charge in [-0.25, -0.2) is 0 Å². The van der Waals surface area contributed by atoms with Gasteiger partial charge in [0.2, 0.25) is 0 Å². The first kappa shape index (κ1) is 36.1. The van der Waals surface area contributed by atoms with E-state index < -0.39 is 136 Å². The molecule has 0 bridgehead atoms. The number of aliphatic hydroxyl groups excluding tert-OH is 10. The highest BCUT2D eigenvalue weighted by Gasteiger charge is 2.54. The maximum absolute atomic E-state index is 11.1. The average Bonchev–Trinajstić information content (AvgIpc) is 3.00. The van der Waals surface area contributed by atoms with E-state index in [0.717, 1.165) is 0 Å². The van der Waals surface area contributed by atoms with E-state index in [1.165, 1.54) is 21.0 Å². The van der Waals surface area contributed by atoms with E-state index in [0.29, 0.717) is 0 Å². The largest absolute Gasteiger partial charge is 0.394 e. The zero-order chi connectivity index (χ0) is 32.6. The smallest absolute Gasteiger partial charge is 0.187 e. The molecule has 0 radical (unpaired) electrons. The van der Waals surface area contributed by atoms with Crippen LogP contribution in [0.2, 0.25) is 0 Å². The van der Waals surface area contributed by atoms with Gasteiger partial charge < -0.3 is 89.0 Å². The molecule has 18 heteroatoms. The summed E-state index contributed by atoms with van der Waals surface area (Å²) in [4.78, 5) is 0. The zero-order valence-corrected chi connectivity index (χ0v) is 24.7. The summed E-state index contributed by atoms with van der Waals surface area (Å²) in [7, 11) is 1.30. The van der Waals surface area contributed by atoms with Gasteiger partial charge in [0, 0.05) is 13.0 Å². The molecular weight excluding hydrogens is 600 g/mol. The van der Waals surface area contributed by atoms with Gasteiger partial charge in [-0.2, -0.15) is 0 Å². The van der Waals surface area contributed by atoms with E-state index in [1.807, 2.05) is 0 Å². The lowest BCUT2D eigenvalue weighted by Crippen LogP contribution is -2.66. The molecule has 4 rings (SSSR count). The summed E-state index contributed by atoms with van der Waals surface area (Å²) in [5, 5.41) is 104. The van der Waals surface area contributed by atoms with Gasteiger partial charge in [-0.15, -0.1) is 0 Å². The lowest BCUT2D eigenvalue weighted by atomic mass is 9.91. The van der Waals surface area contributed by atoms with Crippen LogP contribution in [0.15, 0.2) is 0 Å². The van der Waals surface area contributed by atoms with E-state index in [4.69, 9.17) is 37.9 Å². The predicted octanol–water partition coefficient (Wildman–Crippen LogP) is -5.76. The molecule has 8 unspecified atom stereocenters. The topological polar surface area (TPSA) is 276 Å². The minimum atomic E-state index is -1.81. The lowest BCUT2D eigenvalue weighted by molar-refractivity contribution is -0.390. The molecule has 0 saturated carbocycles. The van der Waals surface area contributed by atoms with E-state index in [9.17, 15) is 51.1 Å². The molecule has 0 aliphatic carbocycles. The first-order valence-corrected chi connectivity index (χ1v) is 14.5. The average molecular weight is 647 g/mol. The standard InChI is InChI=1S/C26H46O18/c1-7-20(15(32)11(6-28)40-23(7)43-21-13(30)9(3)38-24(37-4)19(21)36)42-26-22(17(34)14(31)10(5-27)41-26)44-25-18(35)16(33)12(29)8(2)39-25/h7-36H,5-6H2,1-4H3/t7?,8?,9?,10?,11-,12-,13-,14-,15+,16-,17-,18?,19?,20?,21-,22?,23+,24+,25-,26+/m0/s1. The second kappa shape index (κ2) is 15.0. The Morgan fingerprint density at radius 2 is 0.977 bits per heavy atom. The van der Waals surface area contributed by atoms with Crippen molar-refractivity contribution in [2.24, 2.45) is 5.92 Å². The Bertz CT molecular complexity index is 901. The third kappa shape index (κ3) is 7.08. The summed E-state index contributed by atoms with van der Waals surface area (Å²) in [6.45, 7) is 3.01. The third-order valence-corrected chi connectivity index (χ3v) is 8.67. The molecule has 0 aromatic rings. The van der Waals surface area contributed by atoms with Crippen molar-refractivity contribution in [1.29, 1.82) is 0 Å². The molecule has 0 spiro atoms. The van der Waals surface area contributed by atoms with Gasteiger partial charge in [-0.1, -0.05) is 6.92 Å². The van der Waals surface area contributed by atoms with Crippen LogP contribution >= 0.6 is 0 Å². The van der Waals surface area contributed by atoms with Crippen LogP contribution in [-0.2, 0) is 37.9 Å². The highest BCUT2D eigenvalue weighted by Crippen LogP contribution is 2.36. The highest BCUT2D eigenvalue weighted by atomic mass is 16.8. The zero-order valence-electron chi connectivity index (χ0n) is 24.7. The summed E-state index contributed by atoms with van der Waals surface area (Å²) in [6, 6.07) is 0. The number of ether oxygens (including phenoxy) is 8. The van der Waals surface area contributed by atoms with Gasteiger partial charge in [-0.3, -0.25) is 0 Å². The molecule has 4 saturated heterocycles. The molecule has 10 N–H and O–H groups in total. The van der Waals surface area contributed by atoms with Crippen molar-refractivity contribution in [2.45, 2.75) is 137 Å². The first-order chi connectivity index (χ1) is 20.7. The Morgan fingerprint density at radius 1 is 0.455 bits per heavy atom. The molecule has 0 amide bonds. The molecular formula is C26H46O18. The van der Waals surface area contributed by atoms with Crippen LogP contribution in [0.25, 0.3) is 0 Å². The highest BCUT2D eigenvalue weighted by molar-refractivity contribution is 4.96. The van der Waals surface area contributed by atoms with Crippen LogP contribution in [0, 0.1) is 5.92 Å². The van der Waals surface area contributed by atoms with Crippen molar-refractivity contribution < 1.29 is 89.0 Å². The summed E-state index contributed by atoms with van der Waals surface area (Å²) in [5.41, 5.74) is 0. The van der Waals surface area contributed by atoms with Crippen LogP contribution < -0.4 is 0 Å². The fourth-order valence-corrected chi connectivity index (χ4v) is 5.82. The molecule has 4 aliphatic rings. The number of rotatable bonds is 9. The second-order valence-electron chi connectivity index (χ2n) is 11.7. The fraction of sp³-hybridized carbons (Fsp3) is 1.00. The van der Waals surface area contributed by atoms with Crippen LogP contribution in [0.5, 0.6) is 0 Å². The maximum Gasteiger partial charge on any atom is 0.187 e. The molecule has 18 nitrogen and oxygen atoms in total. The van der Waals surface area contributed by atoms with E-state index in [1.54, 1.807) is 6.92 Å². The van der Waals surface area contributed by atoms with Gasteiger partial charge in [0.15, 0.2) is 25.2 Å². The molecule has 4 fully saturated rings. The summed E-state index contributed by atoms with van der Waals surface area (Å²) in [5.74, 6) is -0.930. The second-order valence-corrected chi connectivity index (χ2v) is 11.7. The van der Waals surface area contributed by atoms with E-state index in [2.05, 4.69) is 0 Å². The monoisotopic (exact) mass is 646 g/mol. The summed E-state index contributed by atoms with van der Waals surface area (Å²) >= 11 is 0. The first-order valence-electron chi connectivity index (χ1n) is 14.5. The van der Waals surface area contributed by atoms with Crippen LogP contribution in [0.3, 0.4) is 0 Å². The molecule has 0 aromatic carbocycles. The Morgan fingerprint density at radius 3 is 1.59 bits per heavy atom. The van der Waals surface area contributed by atoms with Gasteiger partial charge in [0.25, 0.3) is 0 Å². The normalized spacial score (nSPS) is 53.9. The molecule has 20 atom stereocenters. The number of methoxy groups -OCH3 is 1. The van der Waals surface area contributed by atoms with Crippen molar-refractivity contribution in [3.05, 3.63) is 0 Å². The molecule has 258 valence electrons. The number of hydrogen-bond donors (Lipinski definition) is 10. The molecule has 4 heterocycles.